The van der Waals surface area contributed by atoms with Gasteiger partial charge in [0.1, 0.15) is 11.8 Å². The van der Waals surface area contributed by atoms with Crippen LogP contribution in [0, 0.1) is 0 Å². The van der Waals surface area contributed by atoms with Crippen molar-refractivity contribution < 1.29 is 9.59 Å². The second-order valence-electron chi connectivity index (χ2n) is 7.25. The second kappa shape index (κ2) is 9.32. The molecule has 0 saturated heterocycles. The largest absolute Gasteiger partial charge is 0.296 e. The number of unbranched alkanes of at least 4 members (excludes halogenated alkanes) is 3. The van der Waals surface area contributed by atoms with Crippen molar-refractivity contribution in [2.24, 2.45) is 4.99 Å². The standard InChI is InChI=1S/C22H27ClN2O2/c1-2-3-4-7-14-24-20(15-26)21-18-8-5-6-9-19(18)22(27)25(21)17-12-10-16(23)11-13-17/h10-13,15,21H,2-9,14H2,1H3. The summed E-state index contributed by atoms with van der Waals surface area (Å²) in [6, 6.07) is 6.88. The number of aliphatic imine (C=N–C) groups is 1. The summed E-state index contributed by atoms with van der Waals surface area (Å²) in [4.78, 5) is 31.4. The molecular formula is C22H27ClN2O2. The molecule has 1 unspecified atom stereocenters. The molecule has 144 valence electrons. The van der Waals surface area contributed by atoms with Crippen LogP contribution in [0.3, 0.4) is 0 Å². The molecule has 0 spiro atoms. The molecule has 1 aliphatic carbocycles. The lowest BCUT2D eigenvalue weighted by atomic mass is 9.89. The Morgan fingerprint density at radius 2 is 1.93 bits per heavy atom. The highest BCUT2D eigenvalue weighted by Crippen LogP contribution is 2.39. The number of anilines is 1. The van der Waals surface area contributed by atoms with Gasteiger partial charge in [0.2, 0.25) is 0 Å². The molecule has 2 aliphatic rings. The van der Waals surface area contributed by atoms with E-state index in [-0.39, 0.29) is 11.9 Å². The van der Waals surface area contributed by atoms with Gasteiger partial charge in [-0.15, -0.1) is 0 Å². The molecule has 1 heterocycles. The van der Waals surface area contributed by atoms with Gasteiger partial charge in [-0.1, -0.05) is 37.8 Å². The van der Waals surface area contributed by atoms with Crippen LogP contribution in [0.4, 0.5) is 5.69 Å². The van der Waals surface area contributed by atoms with Gasteiger partial charge in [-0.3, -0.25) is 19.5 Å². The third kappa shape index (κ3) is 4.32. The molecule has 1 aromatic carbocycles. The van der Waals surface area contributed by atoms with Crippen LogP contribution in [0.25, 0.3) is 0 Å². The van der Waals surface area contributed by atoms with Crippen LogP contribution < -0.4 is 4.90 Å². The maximum absolute atomic E-state index is 13.1. The Kier molecular flexibility index (Phi) is 6.84. The van der Waals surface area contributed by atoms with Gasteiger partial charge in [0.05, 0.1) is 0 Å². The van der Waals surface area contributed by atoms with E-state index < -0.39 is 0 Å². The topological polar surface area (TPSA) is 49.7 Å². The van der Waals surface area contributed by atoms with E-state index in [0.29, 0.717) is 17.3 Å². The zero-order valence-corrected chi connectivity index (χ0v) is 16.7. The molecule has 5 heteroatoms. The first kappa shape index (κ1) is 19.8. The first-order valence-corrected chi connectivity index (χ1v) is 10.4. The summed E-state index contributed by atoms with van der Waals surface area (Å²) in [6.07, 6.45) is 9.00. The van der Waals surface area contributed by atoms with E-state index in [4.69, 9.17) is 11.6 Å². The summed E-state index contributed by atoms with van der Waals surface area (Å²) in [5, 5.41) is 0.625. The van der Waals surface area contributed by atoms with E-state index in [1.807, 2.05) is 12.1 Å². The van der Waals surface area contributed by atoms with Crippen molar-refractivity contribution in [1.29, 1.82) is 0 Å². The maximum Gasteiger partial charge on any atom is 0.255 e. The van der Waals surface area contributed by atoms with Gasteiger partial charge in [-0.05, 0) is 61.9 Å². The lowest BCUT2D eigenvalue weighted by Crippen LogP contribution is -2.42. The fraction of sp³-hybridized carbons (Fsp3) is 0.500. The third-order valence-electron chi connectivity index (χ3n) is 5.39. The number of halogens is 1. The first-order chi connectivity index (χ1) is 13.2. The molecule has 1 aliphatic heterocycles. The van der Waals surface area contributed by atoms with Crippen LogP contribution in [0.15, 0.2) is 40.4 Å². The summed E-state index contributed by atoms with van der Waals surface area (Å²) < 4.78 is 0. The number of aldehydes is 1. The molecule has 1 atom stereocenters. The van der Waals surface area contributed by atoms with Crippen molar-refractivity contribution >= 4 is 35.2 Å². The van der Waals surface area contributed by atoms with Gasteiger partial charge in [-0.25, -0.2) is 0 Å². The van der Waals surface area contributed by atoms with Gasteiger partial charge in [-0.2, -0.15) is 0 Å². The zero-order valence-electron chi connectivity index (χ0n) is 15.9. The summed E-state index contributed by atoms with van der Waals surface area (Å²) in [7, 11) is 0. The highest BCUT2D eigenvalue weighted by Gasteiger charge is 2.42. The van der Waals surface area contributed by atoms with Gasteiger partial charge < -0.3 is 0 Å². The molecular weight excluding hydrogens is 360 g/mol. The van der Waals surface area contributed by atoms with Gasteiger partial charge in [0.15, 0.2) is 6.29 Å². The molecule has 0 fully saturated rings. The lowest BCUT2D eigenvalue weighted by Gasteiger charge is -2.27. The molecule has 27 heavy (non-hydrogen) atoms. The number of hydrogen-bond acceptors (Lipinski definition) is 3. The van der Waals surface area contributed by atoms with Crippen LogP contribution in [0.2, 0.25) is 5.02 Å². The van der Waals surface area contributed by atoms with E-state index in [1.54, 1.807) is 17.0 Å². The van der Waals surface area contributed by atoms with Crippen molar-refractivity contribution in [3.8, 4) is 0 Å². The number of carbonyl (C=O) groups excluding carboxylic acids is 2. The highest BCUT2D eigenvalue weighted by atomic mass is 35.5. The molecule has 1 amide bonds. The van der Waals surface area contributed by atoms with Crippen LogP contribution in [0.1, 0.15) is 58.3 Å². The Hall–Kier alpha value is -1.94. The van der Waals surface area contributed by atoms with Crippen LogP contribution >= 0.6 is 11.6 Å². The fourth-order valence-electron chi connectivity index (χ4n) is 4.01. The minimum atomic E-state index is -0.363. The molecule has 0 radical (unpaired) electrons. The van der Waals surface area contributed by atoms with Crippen molar-refractivity contribution in [3.63, 3.8) is 0 Å². The summed E-state index contributed by atoms with van der Waals surface area (Å²) in [5.74, 6) is 0.0116. The molecule has 0 bridgehead atoms. The van der Waals surface area contributed by atoms with Crippen molar-refractivity contribution in [2.45, 2.75) is 64.3 Å². The zero-order chi connectivity index (χ0) is 19.2. The van der Waals surface area contributed by atoms with Crippen molar-refractivity contribution in [1.82, 2.24) is 0 Å². The van der Waals surface area contributed by atoms with Crippen LogP contribution in [0.5, 0.6) is 0 Å². The molecule has 0 saturated carbocycles. The minimum Gasteiger partial charge on any atom is -0.296 e. The van der Waals surface area contributed by atoms with Gasteiger partial charge >= 0.3 is 0 Å². The van der Waals surface area contributed by atoms with E-state index in [0.717, 1.165) is 61.6 Å². The van der Waals surface area contributed by atoms with Crippen molar-refractivity contribution in [3.05, 3.63) is 40.4 Å². The molecule has 4 nitrogen and oxygen atoms in total. The molecule has 0 aromatic heterocycles. The number of carbonyl (C=O) groups is 2. The lowest BCUT2D eigenvalue weighted by molar-refractivity contribution is -0.114. The number of rotatable bonds is 8. The van der Waals surface area contributed by atoms with E-state index in [2.05, 4.69) is 11.9 Å². The highest BCUT2D eigenvalue weighted by molar-refractivity contribution is 6.35. The van der Waals surface area contributed by atoms with E-state index in [1.165, 1.54) is 12.8 Å². The minimum absolute atomic E-state index is 0.0116. The van der Waals surface area contributed by atoms with Crippen LogP contribution in [-0.4, -0.2) is 30.5 Å². The number of nitrogens with zero attached hydrogens (tertiary/aromatic N) is 2. The van der Waals surface area contributed by atoms with Crippen molar-refractivity contribution in [2.75, 3.05) is 11.4 Å². The number of benzene rings is 1. The van der Waals surface area contributed by atoms with Gasteiger partial charge in [0.25, 0.3) is 5.91 Å². The van der Waals surface area contributed by atoms with Crippen LogP contribution in [-0.2, 0) is 9.59 Å². The number of amides is 1. The molecule has 0 N–H and O–H groups in total. The Labute approximate surface area is 166 Å². The Morgan fingerprint density at radius 3 is 2.63 bits per heavy atom. The Bertz CT molecular complexity index is 752. The van der Waals surface area contributed by atoms with E-state index in [9.17, 15) is 9.59 Å². The summed E-state index contributed by atoms with van der Waals surface area (Å²) >= 11 is 6.02. The molecule has 3 rings (SSSR count). The molecule has 1 aromatic rings. The number of hydrogen-bond donors (Lipinski definition) is 0. The monoisotopic (exact) mass is 386 g/mol. The normalized spacial score (nSPS) is 20.2. The third-order valence-corrected chi connectivity index (χ3v) is 5.64. The van der Waals surface area contributed by atoms with Gasteiger partial charge in [0, 0.05) is 22.8 Å². The average molecular weight is 387 g/mol. The smallest absolute Gasteiger partial charge is 0.255 e. The summed E-state index contributed by atoms with van der Waals surface area (Å²) in [5.41, 5.74) is 3.20. The predicted molar refractivity (Wildman–Crippen MR) is 111 cm³/mol. The quantitative estimate of drug-likeness (QED) is 0.352. The predicted octanol–water partition coefficient (Wildman–Crippen LogP) is 5.15. The maximum atomic E-state index is 13.1. The summed E-state index contributed by atoms with van der Waals surface area (Å²) in [6.45, 7) is 2.81. The fourth-order valence-corrected chi connectivity index (χ4v) is 4.13. The first-order valence-electron chi connectivity index (χ1n) is 9.98. The average Bonchev–Trinajstić information content (AvgIpc) is 2.98. The second-order valence-corrected chi connectivity index (χ2v) is 7.69. The SMILES string of the molecule is CCCCCCN=C(C=O)C1C2=C(CCCC2)C(=O)N1c1ccc(Cl)cc1. The Morgan fingerprint density at radius 1 is 1.19 bits per heavy atom. The Balaban J connectivity index is 1.91. The van der Waals surface area contributed by atoms with E-state index >= 15 is 0 Å².